The third kappa shape index (κ3) is 4.68. The maximum atomic E-state index is 11.0. The van der Waals surface area contributed by atoms with Crippen molar-refractivity contribution >= 4 is 5.97 Å². The maximum Gasteiger partial charge on any atom is 0.333 e. The molecule has 3 heteroatoms. The van der Waals surface area contributed by atoms with Crippen LogP contribution in [0.3, 0.4) is 0 Å². The van der Waals surface area contributed by atoms with Crippen LogP contribution in [0.25, 0.3) is 0 Å². The van der Waals surface area contributed by atoms with Crippen molar-refractivity contribution < 1.29 is 9.53 Å². The summed E-state index contributed by atoms with van der Waals surface area (Å²) in [5, 5.41) is 0. The summed E-state index contributed by atoms with van der Waals surface area (Å²) in [5.41, 5.74) is 6.15. The molecular formula is C10H19NO2. The molecule has 0 aliphatic heterocycles. The van der Waals surface area contributed by atoms with Crippen molar-refractivity contribution in [1.82, 2.24) is 0 Å². The first kappa shape index (κ1) is 12.2. The van der Waals surface area contributed by atoms with E-state index >= 15 is 0 Å². The van der Waals surface area contributed by atoms with Gasteiger partial charge in [0.2, 0.25) is 0 Å². The summed E-state index contributed by atoms with van der Waals surface area (Å²) in [5.74, 6) is -0.375. The Kier molecular flexibility index (Phi) is 4.14. The molecule has 0 radical (unpaired) electrons. The van der Waals surface area contributed by atoms with Crippen molar-refractivity contribution in [3.63, 3.8) is 0 Å². The molecule has 0 saturated carbocycles. The normalized spacial score (nSPS) is 13.6. The van der Waals surface area contributed by atoms with Gasteiger partial charge in [0.25, 0.3) is 0 Å². The molecule has 0 saturated heterocycles. The lowest BCUT2D eigenvalue weighted by molar-refractivity contribution is -0.140. The summed E-state index contributed by atoms with van der Waals surface area (Å²) in [6.45, 7) is 11.4. The van der Waals surface area contributed by atoms with Crippen LogP contribution in [0.5, 0.6) is 0 Å². The molecule has 3 nitrogen and oxygen atoms in total. The fourth-order valence-corrected chi connectivity index (χ4v) is 0.539. The molecule has 1 atom stereocenters. The Hall–Kier alpha value is -0.830. The summed E-state index contributed by atoms with van der Waals surface area (Å²) < 4.78 is 4.93. The predicted molar refractivity (Wildman–Crippen MR) is 53.2 cm³/mol. The summed E-state index contributed by atoms with van der Waals surface area (Å²) >= 11 is 0. The SMILES string of the molecule is C=C(C)C(=O)OCC(N)C(C)(C)C. The molecule has 76 valence electrons. The average Bonchev–Trinajstić information content (AvgIpc) is 1.97. The van der Waals surface area contributed by atoms with E-state index in [0.29, 0.717) is 5.57 Å². The molecule has 0 bridgehead atoms. The largest absolute Gasteiger partial charge is 0.461 e. The summed E-state index contributed by atoms with van der Waals surface area (Å²) in [7, 11) is 0. The first-order valence-corrected chi connectivity index (χ1v) is 4.33. The molecule has 0 aliphatic rings. The zero-order valence-electron chi connectivity index (χ0n) is 8.89. The standard InChI is InChI=1S/C10H19NO2/c1-7(2)9(12)13-6-8(11)10(3,4)5/h8H,1,6,11H2,2-5H3. The highest BCUT2D eigenvalue weighted by molar-refractivity contribution is 5.86. The molecule has 0 aromatic carbocycles. The number of carbonyl (C=O) groups is 1. The van der Waals surface area contributed by atoms with Crippen LogP contribution in [0.15, 0.2) is 12.2 Å². The number of ether oxygens (including phenoxy) is 1. The minimum absolute atomic E-state index is 0.0463. The second kappa shape index (κ2) is 4.42. The van der Waals surface area contributed by atoms with Gasteiger partial charge in [0, 0.05) is 11.6 Å². The van der Waals surface area contributed by atoms with E-state index in [0.717, 1.165) is 0 Å². The van der Waals surface area contributed by atoms with E-state index < -0.39 is 0 Å². The zero-order valence-corrected chi connectivity index (χ0v) is 8.89. The Bertz CT molecular complexity index is 203. The van der Waals surface area contributed by atoms with Crippen molar-refractivity contribution in [1.29, 1.82) is 0 Å². The van der Waals surface area contributed by atoms with Crippen LogP contribution in [-0.4, -0.2) is 18.6 Å². The van der Waals surface area contributed by atoms with Crippen molar-refractivity contribution in [2.24, 2.45) is 11.1 Å². The lowest BCUT2D eigenvalue weighted by Gasteiger charge is -2.26. The molecule has 0 rings (SSSR count). The van der Waals surface area contributed by atoms with E-state index in [1.165, 1.54) is 0 Å². The van der Waals surface area contributed by atoms with Crippen LogP contribution >= 0.6 is 0 Å². The van der Waals surface area contributed by atoms with Crippen LogP contribution in [0, 0.1) is 5.41 Å². The van der Waals surface area contributed by atoms with E-state index in [1.54, 1.807) is 6.92 Å². The first-order valence-electron chi connectivity index (χ1n) is 4.33. The van der Waals surface area contributed by atoms with E-state index in [1.807, 2.05) is 20.8 Å². The fourth-order valence-electron chi connectivity index (χ4n) is 0.539. The molecule has 0 spiro atoms. The molecule has 0 fully saturated rings. The van der Waals surface area contributed by atoms with Gasteiger partial charge >= 0.3 is 5.97 Å². The smallest absolute Gasteiger partial charge is 0.333 e. The first-order chi connectivity index (χ1) is 5.75. The number of nitrogens with two attached hydrogens (primary N) is 1. The highest BCUT2D eigenvalue weighted by Crippen LogP contribution is 2.17. The third-order valence-corrected chi connectivity index (χ3v) is 1.85. The summed E-state index contributed by atoms with van der Waals surface area (Å²) in [6.07, 6.45) is 0. The molecule has 2 N–H and O–H groups in total. The van der Waals surface area contributed by atoms with Crippen molar-refractivity contribution in [3.05, 3.63) is 12.2 Å². The topological polar surface area (TPSA) is 52.3 Å². The quantitative estimate of drug-likeness (QED) is 0.535. The summed E-state index contributed by atoms with van der Waals surface area (Å²) in [6, 6.07) is -0.143. The number of esters is 1. The second-order valence-corrected chi connectivity index (χ2v) is 4.35. The third-order valence-electron chi connectivity index (χ3n) is 1.85. The Morgan fingerprint density at radius 1 is 1.54 bits per heavy atom. The minimum Gasteiger partial charge on any atom is -0.461 e. The number of carbonyl (C=O) groups excluding carboxylic acids is 1. The van der Waals surface area contributed by atoms with Gasteiger partial charge in [0.15, 0.2) is 0 Å². The Labute approximate surface area is 79.9 Å². The van der Waals surface area contributed by atoms with E-state index in [9.17, 15) is 4.79 Å². The lowest BCUT2D eigenvalue weighted by Crippen LogP contribution is -2.39. The Balaban J connectivity index is 3.91. The molecular weight excluding hydrogens is 166 g/mol. The van der Waals surface area contributed by atoms with Crippen LogP contribution < -0.4 is 5.73 Å². The van der Waals surface area contributed by atoms with Crippen molar-refractivity contribution in [3.8, 4) is 0 Å². The van der Waals surface area contributed by atoms with Gasteiger partial charge in [-0.25, -0.2) is 4.79 Å². The van der Waals surface area contributed by atoms with E-state index in [4.69, 9.17) is 10.5 Å². The average molecular weight is 185 g/mol. The van der Waals surface area contributed by atoms with Gasteiger partial charge in [-0.1, -0.05) is 27.4 Å². The number of hydrogen-bond acceptors (Lipinski definition) is 3. The molecule has 13 heavy (non-hydrogen) atoms. The van der Waals surface area contributed by atoms with Gasteiger partial charge in [0.1, 0.15) is 6.61 Å². The molecule has 0 amide bonds. The number of hydrogen-bond donors (Lipinski definition) is 1. The second-order valence-electron chi connectivity index (χ2n) is 4.35. The van der Waals surface area contributed by atoms with Gasteiger partial charge in [-0.3, -0.25) is 0 Å². The highest BCUT2D eigenvalue weighted by atomic mass is 16.5. The highest BCUT2D eigenvalue weighted by Gasteiger charge is 2.21. The Morgan fingerprint density at radius 3 is 2.31 bits per heavy atom. The van der Waals surface area contributed by atoms with Gasteiger partial charge < -0.3 is 10.5 Å². The van der Waals surface area contributed by atoms with Crippen LogP contribution in [0.2, 0.25) is 0 Å². The molecule has 0 aliphatic carbocycles. The van der Waals surface area contributed by atoms with Gasteiger partial charge in [-0.2, -0.15) is 0 Å². The summed E-state index contributed by atoms with van der Waals surface area (Å²) in [4.78, 5) is 11.0. The molecule has 0 heterocycles. The monoisotopic (exact) mass is 185 g/mol. The van der Waals surface area contributed by atoms with Crippen LogP contribution in [0.1, 0.15) is 27.7 Å². The number of rotatable bonds is 3. The van der Waals surface area contributed by atoms with E-state index in [2.05, 4.69) is 6.58 Å². The van der Waals surface area contributed by atoms with Gasteiger partial charge in [-0.05, 0) is 12.3 Å². The van der Waals surface area contributed by atoms with Gasteiger partial charge in [0.05, 0.1) is 0 Å². The van der Waals surface area contributed by atoms with Crippen LogP contribution in [-0.2, 0) is 9.53 Å². The Morgan fingerprint density at radius 2 is 2.00 bits per heavy atom. The lowest BCUT2D eigenvalue weighted by atomic mass is 9.88. The predicted octanol–water partition coefficient (Wildman–Crippen LogP) is 1.48. The van der Waals surface area contributed by atoms with Gasteiger partial charge in [-0.15, -0.1) is 0 Å². The van der Waals surface area contributed by atoms with E-state index in [-0.39, 0.29) is 24.0 Å². The maximum absolute atomic E-state index is 11.0. The van der Waals surface area contributed by atoms with Crippen LogP contribution in [0.4, 0.5) is 0 Å². The molecule has 1 unspecified atom stereocenters. The van der Waals surface area contributed by atoms with Crippen molar-refractivity contribution in [2.45, 2.75) is 33.7 Å². The molecule has 0 aromatic heterocycles. The molecule has 0 aromatic rings. The minimum atomic E-state index is -0.375. The zero-order chi connectivity index (χ0) is 10.6. The fraction of sp³-hybridized carbons (Fsp3) is 0.700. The van der Waals surface area contributed by atoms with Crippen molar-refractivity contribution in [2.75, 3.05) is 6.61 Å².